The zero-order chi connectivity index (χ0) is 17.1. The molecule has 0 aliphatic heterocycles. The van der Waals surface area contributed by atoms with Crippen molar-refractivity contribution in [2.24, 2.45) is 5.92 Å². The van der Waals surface area contributed by atoms with Crippen LogP contribution in [0.1, 0.15) is 65.7 Å². The van der Waals surface area contributed by atoms with Gasteiger partial charge in [-0.15, -0.1) is 0 Å². The van der Waals surface area contributed by atoms with Gasteiger partial charge in [-0.3, -0.25) is 9.59 Å². The van der Waals surface area contributed by atoms with Gasteiger partial charge in [0.05, 0.1) is 5.92 Å². The van der Waals surface area contributed by atoms with E-state index in [0.717, 1.165) is 12.8 Å². The highest BCUT2D eigenvalue weighted by Crippen LogP contribution is 2.20. The van der Waals surface area contributed by atoms with Gasteiger partial charge in [0.2, 0.25) is 0 Å². The maximum absolute atomic E-state index is 12.0. The van der Waals surface area contributed by atoms with Gasteiger partial charge in [-0.25, -0.2) is 0 Å². The van der Waals surface area contributed by atoms with Crippen LogP contribution in [0.15, 0.2) is 24.3 Å². The fourth-order valence-corrected chi connectivity index (χ4v) is 2.31. The van der Waals surface area contributed by atoms with Crippen LogP contribution in [0.3, 0.4) is 0 Å². The Kier molecular flexibility index (Phi) is 9.03. The molecule has 4 heteroatoms. The fraction of sp³-hybridized carbons (Fsp3) is 0.579. The molecule has 1 aromatic rings. The van der Waals surface area contributed by atoms with Crippen molar-refractivity contribution in [1.29, 1.82) is 0 Å². The monoisotopic (exact) mass is 320 g/mol. The molecule has 0 N–H and O–H groups in total. The first kappa shape index (κ1) is 19.2. The Labute approximate surface area is 139 Å². The molecule has 0 bridgehead atoms. The Bertz CT molecular complexity index is 479. The summed E-state index contributed by atoms with van der Waals surface area (Å²) in [5, 5.41) is 0. The number of esters is 2. The van der Waals surface area contributed by atoms with Crippen LogP contribution in [0.4, 0.5) is 0 Å². The molecule has 1 aromatic carbocycles. The number of ether oxygens (including phenoxy) is 2. The second-order valence-electron chi connectivity index (χ2n) is 5.94. The van der Waals surface area contributed by atoms with Gasteiger partial charge in [-0.1, -0.05) is 52.4 Å². The molecule has 0 radical (unpaired) electrons. The third kappa shape index (κ3) is 8.38. The molecule has 1 rings (SSSR count). The first-order valence-corrected chi connectivity index (χ1v) is 8.53. The fourth-order valence-electron chi connectivity index (χ4n) is 2.31. The molecule has 128 valence electrons. The smallest absolute Gasteiger partial charge is 0.314 e. The summed E-state index contributed by atoms with van der Waals surface area (Å²) >= 11 is 0. The molecule has 0 aromatic heterocycles. The number of carbonyl (C=O) groups is 2. The molecule has 1 atom stereocenters. The molecule has 1 unspecified atom stereocenters. The summed E-state index contributed by atoms with van der Waals surface area (Å²) in [5.41, 5.74) is 0. The lowest BCUT2D eigenvalue weighted by molar-refractivity contribution is -0.138. The Hall–Kier alpha value is -1.84. The number of carbonyl (C=O) groups excluding carboxylic acids is 2. The summed E-state index contributed by atoms with van der Waals surface area (Å²) in [6, 6.07) is 6.49. The summed E-state index contributed by atoms with van der Waals surface area (Å²) in [7, 11) is 0. The van der Waals surface area contributed by atoms with Crippen molar-refractivity contribution in [3.63, 3.8) is 0 Å². The lowest BCUT2D eigenvalue weighted by Gasteiger charge is -2.11. The quantitative estimate of drug-likeness (QED) is 0.349. The van der Waals surface area contributed by atoms with Gasteiger partial charge in [-0.2, -0.15) is 0 Å². The Balaban J connectivity index is 2.30. The van der Waals surface area contributed by atoms with Crippen LogP contribution >= 0.6 is 0 Å². The molecular formula is C19H28O4. The first-order chi connectivity index (χ1) is 11.0. The van der Waals surface area contributed by atoms with Gasteiger partial charge < -0.3 is 9.47 Å². The normalized spacial score (nSPS) is 11.8. The third-order valence-corrected chi connectivity index (χ3v) is 3.70. The predicted molar refractivity (Wildman–Crippen MR) is 90.5 cm³/mol. The van der Waals surface area contributed by atoms with E-state index in [0.29, 0.717) is 11.5 Å². The topological polar surface area (TPSA) is 52.6 Å². The summed E-state index contributed by atoms with van der Waals surface area (Å²) in [5.74, 6) is 0.230. The molecule has 0 fully saturated rings. The van der Waals surface area contributed by atoms with E-state index in [4.69, 9.17) is 9.47 Å². The maximum atomic E-state index is 12.0. The van der Waals surface area contributed by atoms with Crippen molar-refractivity contribution in [2.75, 3.05) is 0 Å². The van der Waals surface area contributed by atoms with E-state index in [1.165, 1.54) is 39.0 Å². The van der Waals surface area contributed by atoms with E-state index in [-0.39, 0.29) is 17.9 Å². The molecule has 0 spiro atoms. The molecule has 0 amide bonds. The Morgan fingerprint density at radius 2 is 1.43 bits per heavy atom. The highest BCUT2D eigenvalue weighted by Gasteiger charge is 2.15. The summed E-state index contributed by atoms with van der Waals surface area (Å²) in [6.45, 7) is 5.45. The number of rotatable bonds is 10. The second kappa shape index (κ2) is 10.8. The Morgan fingerprint density at radius 1 is 0.913 bits per heavy atom. The van der Waals surface area contributed by atoms with E-state index < -0.39 is 0 Å². The largest absolute Gasteiger partial charge is 0.427 e. The molecule has 23 heavy (non-hydrogen) atoms. The number of hydrogen-bond acceptors (Lipinski definition) is 4. The average molecular weight is 320 g/mol. The molecule has 0 aliphatic carbocycles. The van der Waals surface area contributed by atoms with Crippen LogP contribution in [0, 0.1) is 5.92 Å². The van der Waals surface area contributed by atoms with Crippen LogP contribution in [0.5, 0.6) is 11.5 Å². The van der Waals surface area contributed by atoms with Crippen molar-refractivity contribution < 1.29 is 19.1 Å². The molecule has 0 saturated carbocycles. The van der Waals surface area contributed by atoms with Crippen molar-refractivity contribution in [1.82, 2.24) is 0 Å². The van der Waals surface area contributed by atoms with Crippen molar-refractivity contribution in [3.05, 3.63) is 24.3 Å². The van der Waals surface area contributed by atoms with E-state index in [9.17, 15) is 9.59 Å². The molecule has 0 aliphatic rings. The zero-order valence-electron chi connectivity index (χ0n) is 14.5. The predicted octanol–water partition coefficient (Wildman–Crippen LogP) is 4.90. The average Bonchev–Trinajstić information content (AvgIpc) is 2.52. The Morgan fingerprint density at radius 3 is 2.00 bits per heavy atom. The number of unbranched alkanes of at least 4 members (excludes halogenated alkanes) is 5. The van der Waals surface area contributed by atoms with Crippen LogP contribution in [-0.2, 0) is 9.59 Å². The highest BCUT2D eigenvalue weighted by molar-refractivity contribution is 5.74. The third-order valence-electron chi connectivity index (χ3n) is 3.70. The van der Waals surface area contributed by atoms with Gasteiger partial charge in [0.1, 0.15) is 11.5 Å². The first-order valence-electron chi connectivity index (χ1n) is 8.53. The van der Waals surface area contributed by atoms with Crippen LogP contribution in [-0.4, -0.2) is 11.9 Å². The highest BCUT2D eigenvalue weighted by atomic mass is 16.5. The molecule has 0 saturated heterocycles. The van der Waals surface area contributed by atoms with Crippen molar-refractivity contribution >= 4 is 11.9 Å². The van der Waals surface area contributed by atoms with Crippen molar-refractivity contribution in [2.45, 2.75) is 65.7 Å². The van der Waals surface area contributed by atoms with E-state index >= 15 is 0 Å². The standard InChI is InChI=1S/C19H28O4/c1-4-5-6-7-8-9-10-15(2)19(21)23-18-13-11-17(12-14-18)22-16(3)20/h11-15H,4-10H2,1-3H3. The SMILES string of the molecule is CCCCCCCCC(C)C(=O)Oc1ccc(OC(C)=O)cc1. The minimum absolute atomic E-state index is 0.102. The van der Waals surface area contributed by atoms with Gasteiger partial charge >= 0.3 is 11.9 Å². The molecular weight excluding hydrogens is 292 g/mol. The minimum Gasteiger partial charge on any atom is -0.427 e. The number of hydrogen-bond donors (Lipinski definition) is 0. The maximum Gasteiger partial charge on any atom is 0.314 e. The van der Waals surface area contributed by atoms with Crippen LogP contribution in [0.2, 0.25) is 0 Å². The second-order valence-corrected chi connectivity index (χ2v) is 5.94. The van der Waals surface area contributed by atoms with Gasteiger partial charge in [0.15, 0.2) is 0 Å². The van der Waals surface area contributed by atoms with Gasteiger partial charge in [-0.05, 0) is 30.7 Å². The lowest BCUT2D eigenvalue weighted by Crippen LogP contribution is -2.17. The van der Waals surface area contributed by atoms with Gasteiger partial charge in [0.25, 0.3) is 0 Å². The summed E-state index contributed by atoms with van der Waals surface area (Å²) in [6.07, 6.45) is 8.16. The molecule has 4 nitrogen and oxygen atoms in total. The van der Waals surface area contributed by atoms with Gasteiger partial charge in [0, 0.05) is 6.92 Å². The van der Waals surface area contributed by atoms with E-state index in [2.05, 4.69) is 6.92 Å². The van der Waals surface area contributed by atoms with E-state index in [1.54, 1.807) is 24.3 Å². The summed E-state index contributed by atoms with van der Waals surface area (Å²) in [4.78, 5) is 22.9. The zero-order valence-corrected chi connectivity index (χ0v) is 14.5. The van der Waals surface area contributed by atoms with Crippen molar-refractivity contribution in [3.8, 4) is 11.5 Å². The van der Waals surface area contributed by atoms with E-state index in [1.807, 2.05) is 6.92 Å². The molecule has 0 heterocycles. The lowest BCUT2D eigenvalue weighted by atomic mass is 10.0. The van der Waals surface area contributed by atoms with Crippen LogP contribution in [0.25, 0.3) is 0 Å². The number of benzene rings is 1. The minimum atomic E-state index is -0.373. The summed E-state index contributed by atoms with van der Waals surface area (Å²) < 4.78 is 10.3. The van der Waals surface area contributed by atoms with Crippen LogP contribution < -0.4 is 9.47 Å².